The van der Waals surface area contributed by atoms with Crippen molar-refractivity contribution in [3.8, 4) is 17.2 Å². The van der Waals surface area contributed by atoms with Crippen LogP contribution in [0.25, 0.3) is 11.5 Å². The van der Waals surface area contributed by atoms with Gasteiger partial charge in [0.05, 0.1) is 17.6 Å². The van der Waals surface area contributed by atoms with Crippen LogP contribution in [0.5, 0.6) is 5.75 Å². The van der Waals surface area contributed by atoms with Gasteiger partial charge in [-0.25, -0.2) is 13.2 Å². The van der Waals surface area contributed by atoms with Crippen LogP contribution in [-0.4, -0.2) is 31.7 Å². The third kappa shape index (κ3) is 5.41. The molecule has 34 heavy (non-hydrogen) atoms. The molecule has 0 unspecified atom stereocenters. The van der Waals surface area contributed by atoms with E-state index >= 15 is 0 Å². The van der Waals surface area contributed by atoms with Crippen molar-refractivity contribution >= 4 is 21.7 Å². The molecule has 3 aromatic carbocycles. The summed E-state index contributed by atoms with van der Waals surface area (Å²) in [5.74, 6) is 0.451. The first kappa shape index (κ1) is 23.0. The minimum absolute atomic E-state index is 0.0191. The largest absolute Gasteiger partial charge is 0.497 e. The van der Waals surface area contributed by atoms with E-state index in [0.717, 1.165) is 5.56 Å². The van der Waals surface area contributed by atoms with Crippen LogP contribution >= 0.6 is 0 Å². The molecule has 0 aliphatic carbocycles. The number of benzene rings is 3. The van der Waals surface area contributed by atoms with Gasteiger partial charge in [0.2, 0.25) is 5.89 Å². The van der Waals surface area contributed by atoms with E-state index < -0.39 is 16.0 Å². The number of aryl methyl sites for hydroxylation is 1. The average Bonchev–Trinajstić information content (AvgIpc) is 3.33. The van der Waals surface area contributed by atoms with Crippen molar-refractivity contribution in [3.63, 3.8) is 0 Å². The molecule has 0 aliphatic rings. The molecule has 0 fully saturated rings. The Labute approximate surface area is 196 Å². The van der Waals surface area contributed by atoms with Gasteiger partial charge < -0.3 is 13.9 Å². The van der Waals surface area contributed by atoms with Gasteiger partial charge in [-0.2, -0.15) is 0 Å². The lowest BCUT2D eigenvalue weighted by Gasteiger charge is -2.09. The molecule has 0 spiro atoms. The first-order valence-electron chi connectivity index (χ1n) is 10.2. The van der Waals surface area contributed by atoms with Crippen molar-refractivity contribution in [3.05, 3.63) is 89.8 Å². The van der Waals surface area contributed by atoms with E-state index in [1.807, 2.05) is 6.92 Å². The molecule has 0 saturated carbocycles. The van der Waals surface area contributed by atoms with Crippen LogP contribution < -0.4 is 9.46 Å². The van der Waals surface area contributed by atoms with Gasteiger partial charge in [-0.1, -0.05) is 17.7 Å². The first-order chi connectivity index (χ1) is 16.3. The number of nitrogens with one attached hydrogen (secondary N) is 1. The van der Waals surface area contributed by atoms with E-state index in [1.165, 1.54) is 24.3 Å². The molecule has 1 aromatic heterocycles. The Kier molecular flexibility index (Phi) is 6.60. The molecule has 174 valence electrons. The maximum atomic E-state index is 12.6. The molecular formula is C24H21N3O6S. The number of nitrogens with zero attached hydrogens (tertiary/aromatic N) is 2. The third-order valence-corrected chi connectivity index (χ3v) is 6.23. The number of ether oxygens (including phenoxy) is 2. The highest BCUT2D eigenvalue weighted by Crippen LogP contribution is 2.22. The van der Waals surface area contributed by atoms with Crippen LogP contribution in [0.15, 0.2) is 82.1 Å². The molecule has 0 amide bonds. The summed E-state index contributed by atoms with van der Waals surface area (Å²) < 4.78 is 43.5. The highest BCUT2D eigenvalue weighted by molar-refractivity contribution is 7.92. The molecule has 1 N–H and O–H groups in total. The zero-order valence-corrected chi connectivity index (χ0v) is 19.2. The zero-order chi connectivity index (χ0) is 24.1. The smallest absolute Gasteiger partial charge is 0.338 e. The standard InChI is InChI=1S/C24H21N3O6S/c1-16-3-9-19(10-4-16)27-34(29,30)21-13-7-18(8-14-21)24(28)32-15-22-25-26-23(33-22)17-5-11-20(31-2)12-6-17/h3-14,27H,15H2,1-2H3. The molecule has 4 rings (SSSR count). The highest BCUT2D eigenvalue weighted by atomic mass is 32.2. The van der Waals surface area contributed by atoms with Crippen LogP contribution in [0.2, 0.25) is 0 Å². The predicted octanol–water partition coefficient (Wildman–Crippen LogP) is 4.21. The zero-order valence-electron chi connectivity index (χ0n) is 18.4. The second-order valence-electron chi connectivity index (χ2n) is 7.30. The first-order valence-corrected chi connectivity index (χ1v) is 11.7. The van der Waals surface area contributed by atoms with E-state index in [2.05, 4.69) is 14.9 Å². The van der Waals surface area contributed by atoms with E-state index in [0.29, 0.717) is 17.0 Å². The van der Waals surface area contributed by atoms with E-state index in [9.17, 15) is 13.2 Å². The lowest BCUT2D eigenvalue weighted by Crippen LogP contribution is -2.13. The summed E-state index contributed by atoms with van der Waals surface area (Å²) in [6, 6.07) is 19.5. The van der Waals surface area contributed by atoms with Crippen LogP contribution in [0.3, 0.4) is 0 Å². The summed E-state index contributed by atoms with van der Waals surface area (Å²) >= 11 is 0. The fraction of sp³-hybridized carbons (Fsp3) is 0.125. The van der Waals surface area contributed by atoms with Gasteiger partial charge in [-0.05, 0) is 67.6 Å². The van der Waals surface area contributed by atoms with Crippen LogP contribution in [-0.2, 0) is 21.4 Å². The molecule has 4 aromatic rings. The highest BCUT2D eigenvalue weighted by Gasteiger charge is 2.17. The van der Waals surface area contributed by atoms with E-state index in [4.69, 9.17) is 13.9 Å². The number of aromatic nitrogens is 2. The van der Waals surface area contributed by atoms with Crippen molar-refractivity contribution in [1.82, 2.24) is 10.2 Å². The van der Waals surface area contributed by atoms with E-state index in [1.54, 1.807) is 55.6 Å². The molecule has 0 saturated heterocycles. The Hall–Kier alpha value is -4.18. The SMILES string of the molecule is COc1ccc(-c2nnc(COC(=O)c3ccc(S(=O)(=O)Nc4ccc(C)cc4)cc3)o2)cc1. The number of hydrogen-bond acceptors (Lipinski definition) is 8. The Morgan fingerprint density at radius 1 is 0.941 bits per heavy atom. The summed E-state index contributed by atoms with van der Waals surface area (Å²) in [4.78, 5) is 12.4. The van der Waals surface area contributed by atoms with Crippen molar-refractivity contribution in [2.24, 2.45) is 0 Å². The molecule has 1 heterocycles. The van der Waals surface area contributed by atoms with Crippen molar-refractivity contribution in [2.75, 3.05) is 11.8 Å². The predicted molar refractivity (Wildman–Crippen MR) is 124 cm³/mol. The Balaban J connectivity index is 1.36. The average molecular weight is 480 g/mol. The number of esters is 1. The fourth-order valence-corrected chi connectivity index (χ4v) is 4.04. The summed E-state index contributed by atoms with van der Waals surface area (Å²) in [5, 5.41) is 7.83. The normalized spacial score (nSPS) is 11.1. The molecule has 0 aliphatic heterocycles. The lowest BCUT2D eigenvalue weighted by molar-refractivity contribution is 0.0438. The summed E-state index contributed by atoms with van der Waals surface area (Å²) in [6.45, 7) is 1.69. The number of sulfonamides is 1. The Bertz CT molecular complexity index is 1380. The van der Waals surface area contributed by atoms with E-state index in [-0.39, 0.29) is 28.8 Å². The number of rotatable bonds is 8. The third-order valence-electron chi connectivity index (χ3n) is 4.83. The Morgan fingerprint density at radius 3 is 2.26 bits per heavy atom. The monoisotopic (exact) mass is 479 g/mol. The summed E-state index contributed by atoms with van der Waals surface area (Å²) in [5.41, 5.74) is 2.34. The van der Waals surface area contributed by atoms with Gasteiger partial charge in [-0.15, -0.1) is 10.2 Å². The number of carbonyl (C=O) groups excluding carboxylic acids is 1. The number of methoxy groups -OCH3 is 1. The maximum absolute atomic E-state index is 12.6. The molecular weight excluding hydrogens is 458 g/mol. The molecule has 0 bridgehead atoms. The molecule has 10 heteroatoms. The number of hydrogen-bond donors (Lipinski definition) is 1. The van der Waals surface area contributed by atoms with Gasteiger partial charge >= 0.3 is 5.97 Å². The maximum Gasteiger partial charge on any atom is 0.338 e. The molecule has 0 radical (unpaired) electrons. The topological polar surface area (TPSA) is 121 Å². The lowest BCUT2D eigenvalue weighted by atomic mass is 10.2. The van der Waals surface area contributed by atoms with Crippen molar-refractivity contribution in [1.29, 1.82) is 0 Å². The second-order valence-corrected chi connectivity index (χ2v) is 8.98. The Morgan fingerprint density at radius 2 is 1.62 bits per heavy atom. The van der Waals surface area contributed by atoms with Gasteiger partial charge in [-0.3, -0.25) is 4.72 Å². The van der Waals surface area contributed by atoms with Crippen LogP contribution in [0, 0.1) is 6.92 Å². The summed E-state index contributed by atoms with van der Waals surface area (Å²) in [7, 11) is -2.22. The number of carbonyl (C=O) groups is 1. The minimum atomic E-state index is -3.80. The van der Waals surface area contributed by atoms with Gasteiger partial charge in [0.15, 0.2) is 6.61 Å². The molecule has 0 atom stereocenters. The summed E-state index contributed by atoms with van der Waals surface area (Å²) in [6.07, 6.45) is 0. The van der Waals surface area contributed by atoms with Crippen LogP contribution in [0.1, 0.15) is 21.8 Å². The van der Waals surface area contributed by atoms with Crippen molar-refractivity contribution in [2.45, 2.75) is 18.4 Å². The fourth-order valence-electron chi connectivity index (χ4n) is 2.98. The number of anilines is 1. The van der Waals surface area contributed by atoms with Gasteiger partial charge in [0.25, 0.3) is 15.9 Å². The molecule has 9 nitrogen and oxygen atoms in total. The van der Waals surface area contributed by atoms with Gasteiger partial charge in [0.1, 0.15) is 5.75 Å². The van der Waals surface area contributed by atoms with Crippen molar-refractivity contribution < 1.29 is 27.1 Å². The van der Waals surface area contributed by atoms with Crippen LogP contribution in [0.4, 0.5) is 5.69 Å². The quantitative estimate of drug-likeness (QED) is 0.373. The minimum Gasteiger partial charge on any atom is -0.497 e. The van der Waals surface area contributed by atoms with Gasteiger partial charge in [0, 0.05) is 11.3 Å². The second kappa shape index (κ2) is 9.75.